The van der Waals surface area contributed by atoms with Crippen molar-refractivity contribution in [1.29, 1.82) is 0 Å². The van der Waals surface area contributed by atoms with E-state index in [-0.39, 0.29) is 0 Å². The first-order valence-corrected chi connectivity index (χ1v) is 7.58. The summed E-state index contributed by atoms with van der Waals surface area (Å²) in [7, 11) is 0. The van der Waals surface area contributed by atoms with E-state index in [1.807, 2.05) is 12.1 Å². The molecule has 110 valence electrons. The predicted molar refractivity (Wildman–Crippen MR) is 93.9 cm³/mol. The highest BCUT2D eigenvalue weighted by Crippen LogP contribution is 2.33. The fraction of sp³-hybridized carbons (Fsp3) is 0.100. The van der Waals surface area contributed by atoms with Crippen LogP contribution in [0.2, 0.25) is 0 Å². The first-order valence-electron chi connectivity index (χ1n) is 7.58. The second-order valence-electron chi connectivity index (χ2n) is 5.21. The van der Waals surface area contributed by atoms with E-state index in [9.17, 15) is 0 Å². The van der Waals surface area contributed by atoms with Gasteiger partial charge in [-0.3, -0.25) is 0 Å². The molecule has 3 aromatic rings. The smallest absolute Gasteiger partial charge is 0.0461 e. The lowest BCUT2D eigenvalue weighted by Crippen LogP contribution is -2.10. The third kappa shape index (κ3) is 3.18. The van der Waals surface area contributed by atoms with Crippen LogP contribution < -0.4 is 10.6 Å². The Morgan fingerprint density at radius 1 is 0.591 bits per heavy atom. The van der Waals surface area contributed by atoms with Gasteiger partial charge in [0, 0.05) is 17.1 Å². The number of para-hydroxylation sites is 2. The molecule has 2 nitrogen and oxygen atoms in total. The number of hydrogen-bond acceptors (Lipinski definition) is 2. The molecule has 0 heterocycles. The van der Waals surface area contributed by atoms with Crippen molar-refractivity contribution < 1.29 is 0 Å². The first kappa shape index (κ1) is 14.4. The number of nitrogens with two attached hydrogens (primary N) is 1. The molecule has 2 heteroatoms. The Kier molecular flexibility index (Phi) is 4.52. The maximum absolute atomic E-state index is 5.63. The van der Waals surface area contributed by atoms with Crippen LogP contribution >= 0.6 is 0 Å². The molecular formula is C20H20N2. The zero-order valence-electron chi connectivity index (χ0n) is 12.5. The fourth-order valence-electron chi connectivity index (χ4n) is 2.58. The van der Waals surface area contributed by atoms with Crippen molar-refractivity contribution in [3.63, 3.8) is 0 Å². The highest BCUT2D eigenvalue weighted by Gasteiger charge is 2.11. The quantitative estimate of drug-likeness (QED) is 0.740. The molecule has 2 N–H and O–H groups in total. The van der Waals surface area contributed by atoms with Crippen LogP contribution in [0.4, 0.5) is 17.1 Å². The van der Waals surface area contributed by atoms with Gasteiger partial charge in [-0.2, -0.15) is 0 Å². The van der Waals surface area contributed by atoms with Gasteiger partial charge in [-0.15, -0.1) is 0 Å². The Hall–Kier alpha value is -2.58. The van der Waals surface area contributed by atoms with Crippen LogP contribution in [-0.4, -0.2) is 6.54 Å². The molecule has 3 aromatic carbocycles. The minimum atomic E-state index is 0.681. The van der Waals surface area contributed by atoms with Crippen molar-refractivity contribution in [1.82, 2.24) is 0 Å². The highest BCUT2D eigenvalue weighted by atomic mass is 15.1. The molecule has 0 bridgehead atoms. The average Bonchev–Trinajstić information content (AvgIpc) is 2.59. The Bertz CT molecular complexity index is 651. The second kappa shape index (κ2) is 6.92. The third-order valence-electron chi connectivity index (χ3n) is 3.66. The lowest BCUT2D eigenvalue weighted by molar-refractivity contribution is 0.968. The Morgan fingerprint density at radius 3 is 1.50 bits per heavy atom. The molecule has 0 amide bonds. The maximum atomic E-state index is 5.63. The zero-order chi connectivity index (χ0) is 15.2. The lowest BCUT2D eigenvalue weighted by atomic mass is 10.1. The van der Waals surface area contributed by atoms with Gasteiger partial charge >= 0.3 is 0 Å². The fourth-order valence-corrected chi connectivity index (χ4v) is 2.58. The summed E-state index contributed by atoms with van der Waals surface area (Å²) in [5.41, 5.74) is 10.4. The van der Waals surface area contributed by atoms with Gasteiger partial charge in [0.25, 0.3) is 0 Å². The minimum absolute atomic E-state index is 0.681. The molecule has 0 fully saturated rings. The molecule has 0 spiro atoms. The molecular weight excluding hydrogens is 268 g/mol. The van der Waals surface area contributed by atoms with Crippen LogP contribution in [0.1, 0.15) is 5.56 Å². The van der Waals surface area contributed by atoms with Crippen LogP contribution in [0.25, 0.3) is 0 Å². The van der Waals surface area contributed by atoms with E-state index in [4.69, 9.17) is 5.73 Å². The summed E-state index contributed by atoms with van der Waals surface area (Å²) in [5.74, 6) is 0. The molecule has 0 unspecified atom stereocenters. The van der Waals surface area contributed by atoms with Crippen molar-refractivity contribution in [2.75, 3.05) is 11.4 Å². The van der Waals surface area contributed by atoms with Gasteiger partial charge in [0.05, 0.1) is 0 Å². The van der Waals surface area contributed by atoms with Gasteiger partial charge in [0.2, 0.25) is 0 Å². The molecule has 22 heavy (non-hydrogen) atoms. The average molecular weight is 288 g/mol. The van der Waals surface area contributed by atoms with Crippen molar-refractivity contribution in [2.45, 2.75) is 6.42 Å². The van der Waals surface area contributed by atoms with Crippen molar-refractivity contribution >= 4 is 17.1 Å². The largest absolute Gasteiger partial charge is 0.330 e. The summed E-state index contributed by atoms with van der Waals surface area (Å²) in [6.07, 6.45) is 0.914. The molecule has 0 radical (unpaired) electrons. The molecule has 0 aliphatic carbocycles. The van der Waals surface area contributed by atoms with Gasteiger partial charge in [0.1, 0.15) is 0 Å². The van der Waals surface area contributed by atoms with Gasteiger partial charge in [-0.25, -0.2) is 0 Å². The number of benzene rings is 3. The summed E-state index contributed by atoms with van der Waals surface area (Å²) in [4.78, 5) is 2.26. The van der Waals surface area contributed by atoms with Crippen LogP contribution in [-0.2, 0) is 6.42 Å². The van der Waals surface area contributed by atoms with Crippen molar-refractivity contribution in [2.24, 2.45) is 5.73 Å². The second-order valence-corrected chi connectivity index (χ2v) is 5.21. The molecule has 0 aliphatic rings. The molecule has 3 rings (SSSR count). The van der Waals surface area contributed by atoms with E-state index in [2.05, 4.69) is 77.7 Å². The third-order valence-corrected chi connectivity index (χ3v) is 3.66. The predicted octanol–water partition coefficient (Wildman–Crippen LogP) is 4.66. The van der Waals surface area contributed by atoms with E-state index in [1.165, 1.54) is 5.56 Å². The SMILES string of the molecule is NCCc1ccc(N(c2ccccc2)c2ccccc2)cc1. The molecule has 0 saturated carbocycles. The molecule has 0 aliphatic heterocycles. The van der Waals surface area contributed by atoms with Gasteiger partial charge in [-0.1, -0.05) is 48.5 Å². The van der Waals surface area contributed by atoms with E-state index in [1.54, 1.807) is 0 Å². The normalized spacial score (nSPS) is 10.4. The zero-order valence-corrected chi connectivity index (χ0v) is 12.5. The van der Waals surface area contributed by atoms with E-state index >= 15 is 0 Å². The topological polar surface area (TPSA) is 29.3 Å². The van der Waals surface area contributed by atoms with Crippen molar-refractivity contribution in [3.05, 3.63) is 90.5 Å². The van der Waals surface area contributed by atoms with Gasteiger partial charge in [0.15, 0.2) is 0 Å². The first-order chi connectivity index (χ1) is 10.9. The Morgan fingerprint density at radius 2 is 1.05 bits per heavy atom. The Balaban J connectivity index is 2.02. The maximum Gasteiger partial charge on any atom is 0.0461 e. The van der Waals surface area contributed by atoms with E-state index in [0.29, 0.717) is 6.54 Å². The lowest BCUT2D eigenvalue weighted by Gasteiger charge is -2.25. The van der Waals surface area contributed by atoms with E-state index in [0.717, 1.165) is 23.5 Å². The number of anilines is 3. The summed E-state index contributed by atoms with van der Waals surface area (Å²) in [6, 6.07) is 29.5. The summed E-state index contributed by atoms with van der Waals surface area (Å²) in [6.45, 7) is 0.681. The van der Waals surface area contributed by atoms with Crippen LogP contribution in [0.5, 0.6) is 0 Å². The van der Waals surface area contributed by atoms with Crippen LogP contribution in [0, 0.1) is 0 Å². The van der Waals surface area contributed by atoms with Crippen LogP contribution in [0.15, 0.2) is 84.9 Å². The monoisotopic (exact) mass is 288 g/mol. The highest BCUT2D eigenvalue weighted by molar-refractivity contribution is 5.76. The summed E-state index contributed by atoms with van der Waals surface area (Å²) in [5, 5.41) is 0. The van der Waals surface area contributed by atoms with Crippen molar-refractivity contribution in [3.8, 4) is 0 Å². The molecule has 0 atom stereocenters. The number of rotatable bonds is 5. The molecule has 0 aromatic heterocycles. The van der Waals surface area contributed by atoms with E-state index < -0.39 is 0 Å². The van der Waals surface area contributed by atoms with Gasteiger partial charge in [-0.05, 0) is 54.9 Å². The number of nitrogens with zero attached hydrogens (tertiary/aromatic N) is 1. The standard InChI is InChI=1S/C20H20N2/c21-16-15-17-11-13-20(14-12-17)22(18-7-3-1-4-8-18)19-9-5-2-6-10-19/h1-14H,15-16,21H2. The minimum Gasteiger partial charge on any atom is -0.330 e. The number of hydrogen-bond donors (Lipinski definition) is 1. The summed E-state index contributed by atoms with van der Waals surface area (Å²) >= 11 is 0. The summed E-state index contributed by atoms with van der Waals surface area (Å²) < 4.78 is 0. The van der Waals surface area contributed by atoms with Gasteiger partial charge < -0.3 is 10.6 Å². The Labute approximate surface area is 131 Å². The van der Waals surface area contributed by atoms with Crippen LogP contribution in [0.3, 0.4) is 0 Å². The molecule has 0 saturated heterocycles.